The number of aliphatic hydroxyl groups excluding tert-OH is 2. The SMILES string of the molecule is Nc1nc2c(ncn2[C@@H]2O[C@H](COP(=O)(O)C(=O)O)[C@@H](O)[C@H]2O)c(=O)[nH]1. The van der Waals surface area contributed by atoms with E-state index in [1.165, 1.54) is 0 Å². The second-order valence-electron chi connectivity index (χ2n) is 5.42. The van der Waals surface area contributed by atoms with Gasteiger partial charge in [0.1, 0.15) is 18.3 Å². The van der Waals surface area contributed by atoms with Gasteiger partial charge >= 0.3 is 13.3 Å². The smallest absolute Gasteiger partial charge is 0.435 e. The topological polar surface area (TPSA) is 223 Å². The zero-order valence-electron chi connectivity index (χ0n) is 12.8. The number of imidazole rings is 1. The highest BCUT2D eigenvalue weighted by Crippen LogP contribution is 2.43. The number of H-pyrrole nitrogens is 1. The molecule has 5 atom stereocenters. The lowest BCUT2D eigenvalue weighted by atomic mass is 10.1. The van der Waals surface area contributed by atoms with Crippen LogP contribution in [0.2, 0.25) is 0 Å². The third kappa shape index (κ3) is 3.09. The van der Waals surface area contributed by atoms with Crippen LogP contribution in [0.4, 0.5) is 10.7 Å². The summed E-state index contributed by atoms with van der Waals surface area (Å²) in [5.74, 6) is -0.208. The number of anilines is 1. The number of nitrogen functional groups attached to an aromatic ring is 1. The van der Waals surface area contributed by atoms with Crippen molar-refractivity contribution in [1.29, 1.82) is 0 Å². The molecule has 0 amide bonds. The summed E-state index contributed by atoms with van der Waals surface area (Å²) >= 11 is 0. The molecule has 2 aromatic rings. The summed E-state index contributed by atoms with van der Waals surface area (Å²) in [6, 6.07) is 0. The van der Waals surface area contributed by atoms with E-state index in [4.69, 9.17) is 20.5 Å². The second kappa shape index (κ2) is 6.42. The van der Waals surface area contributed by atoms with E-state index >= 15 is 0 Å². The summed E-state index contributed by atoms with van der Waals surface area (Å²) in [6.45, 7) is -0.780. The lowest BCUT2D eigenvalue weighted by Crippen LogP contribution is -2.33. The van der Waals surface area contributed by atoms with Gasteiger partial charge in [-0.05, 0) is 0 Å². The quantitative estimate of drug-likeness (QED) is 0.311. The number of rotatable bonds is 5. The zero-order chi connectivity index (χ0) is 19.2. The molecule has 1 unspecified atom stereocenters. The van der Waals surface area contributed by atoms with Gasteiger partial charge in [0.25, 0.3) is 5.56 Å². The largest absolute Gasteiger partial charge is 0.472 e. The fourth-order valence-corrected chi connectivity index (χ4v) is 2.92. The van der Waals surface area contributed by atoms with Crippen LogP contribution in [0, 0.1) is 0 Å². The van der Waals surface area contributed by atoms with Crippen molar-refractivity contribution in [2.45, 2.75) is 24.5 Å². The molecule has 2 aromatic heterocycles. The van der Waals surface area contributed by atoms with Crippen molar-refractivity contribution in [3.05, 3.63) is 16.7 Å². The molecule has 14 nitrogen and oxygen atoms in total. The maximum absolute atomic E-state index is 11.8. The lowest BCUT2D eigenvalue weighted by Gasteiger charge is -2.16. The Balaban J connectivity index is 1.86. The van der Waals surface area contributed by atoms with Gasteiger partial charge in [-0.3, -0.25) is 18.9 Å². The van der Waals surface area contributed by atoms with Crippen LogP contribution < -0.4 is 11.3 Å². The summed E-state index contributed by atoms with van der Waals surface area (Å²) in [5, 5.41) is 28.7. The standard InChI is InChI=1S/C11H14N5O9P/c12-10-14-7-4(8(19)15-10)13-2-16(7)9-6(18)5(17)3(25-9)1-24-26(22,23)11(20)21/h2-3,5-6,9,17-18H,1H2,(H,20,21)(H,22,23)(H3,12,14,15,19)/t3-,5-,6-,9-/m1/s1. The minimum atomic E-state index is -4.94. The average molecular weight is 391 g/mol. The zero-order valence-corrected chi connectivity index (χ0v) is 13.7. The molecule has 0 bridgehead atoms. The molecule has 3 rings (SSSR count). The Labute approximate surface area is 143 Å². The van der Waals surface area contributed by atoms with E-state index < -0.39 is 50.0 Å². The first-order valence-corrected chi connectivity index (χ1v) is 8.64. The van der Waals surface area contributed by atoms with Gasteiger partial charge in [-0.1, -0.05) is 0 Å². The van der Waals surface area contributed by atoms with E-state index in [-0.39, 0.29) is 17.1 Å². The lowest BCUT2D eigenvalue weighted by molar-refractivity contribution is -0.0483. The van der Waals surface area contributed by atoms with Crippen LogP contribution in [0.5, 0.6) is 0 Å². The minimum Gasteiger partial charge on any atom is -0.472 e. The van der Waals surface area contributed by atoms with Gasteiger partial charge in [0.05, 0.1) is 12.9 Å². The summed E-state index contributed by atoms with van der Waals surface area (Å²) in [6.07, 6.45) is -4.60. The number of aromatic nitrogens is 4. The minimum absolute atomic E-state index is 0.0255. The Morgan fingerprint density at radius 1 is 1.46 bits per heavy atom. The Morgan fingerprint density at radius 2 is 2.15 bits per heavy atom. The molecule has 0 spiro atoms. The molecule has 1 aliphatic heterocycles. The molecular formula is C11H14N5O9P. The maximum atomic E-state index is 11.8. The van der Waals surface area contributed by atoms with Gasteiger partial charge in [0.2, 0.25) is 5.95 Å². The van der Waals surface area contributed by atoms with Crippen LogP contribution in [-0.2, 0) is 13.8 Å². The highest BCUT2D eigenvalue weighted by Gasteiger charge is 2.46. The number of carbonyl (C=O) groups is 1. The molecule has 15 heteroatoms. The predicted molar refractivity (Wildman–Crippen MR) is 82.3 cm³/mol. The fraction of sp³-hybridized carbons (Fsp3) is 0.455. The fourth-order valence-electron chi connectivity index (χ4n) is 2.46. The number of aromatic amines is 1. The van der Waals surface area contributed by atoms with Crippen molar-refractivity contribution in [1.82, 2.24) is 19.5 Å². The Kier molecular flexibility index (Phi) is 4.56. The summed E-state index contributed by atoms with van der Waals surface area (Å²) in [4.78, 5) is 41.4. The number of aliphatic hydroxyl groups is 2. The number of hydrogen-bond acceptors (Lipinski definition) is 10. The van der Waals surface area contributed by atoms with E-state index in [2.05, 4.69) is 19.5 Å². The highest BCUT2D eigenvalue weighted by atomic mass is 31.2. The van der Waals surface area contributed by atoms with Crippen molar-refractivity contribution in [3.63, 3.8) is 0 Å². The van der Waals surface area contributed by atoms with E-state index in [9.17, 15) is 24.4 Å². The van der Waals surface area contributed by atoms with Gasteiger partial charge in [0, 0.05) is 0 Å². The van der Waals surface area contributed by atoms with Crippen LogP contribution >= 0.6 is 7.60 Å². The van der Waals surface area contributed by atoms with Crippen LogP contribution in [0.25, 0.3) is 11.2 Å². The van der Waals surface area contributed by atoms with Crippen molar-refractivity contribution in [2.24, 2.45) is 0 Å². The van der Waals surface area contributed by atoms with Gasteiger partial charge in [0.15, 0.2) is 17.4 Å². The normalized spacial score (nSPS) is 28.3. The van der Waals surface area contributed by atoms with Crippen molar-refractivity contribution in [2.75, 3.05) is 12.3 Å². The average Bonchev–Trinajstić information content (AvgIpc) is 3.08. The van der Waals surface area contributed by atoms with Crippen molar-refractivity contribution in [3.8, 4) is 0 Å². The van der Waals surface area contributed by atoms with E-state index in [0.717, 1.165) is 10.9 Å². The molecule has 0 saturated carbocycles. The Bertz CT molecular complexity index is 957. The maximum Gasteiger partial charge on any atom is 0.435 e. The third-order valence-corrected chi connectivity index (χ3v) is 4.70. The van der Waals surface area contributed by atoms with Crippen LogP contribution in [0.1, 0.15) is 6.23 Å². The van der Waals surface area contributed by atoms with Crippen LogP contribution in [0.3, 0.4) is 0 Å². The number of ether oxygens (including phenoxy) is 1. The number of hydrogen-bond donors (Lipinski definition) is 6. The Hall–Kier alpha value is -2.35. The van der Waals surface area contributed by atoms with Crippen molar-refractivity contribution < 1.29 is 38.8 Å². The summed E-state index contributed by atoms with van der Waals surface area (Å²) in [5.41, 5.74) is 2.66. The van der Waals surface area contributed by atoms with E-state index in [1.54, 1.807) is 0 Å². The molecule has 1 fully saturated rings. The molecule has 3 heterocycles. The monoisotopic (exact) mass is 391 g/mol. The number of nitrogens with two attached hydrogens (primary N) is 1. The second-order valence-corrected chi connectivity index (χ2v) is 7.10. The number of nitrogens with one attached hydrogen (secondary N) is 1. The molecule has 0 radical (unpaired) electrons. The number of nitrogens with zero attached hydrogens (tertiary/aromatic N) is 3. The highest BCUT2D eigenvalue weighted by molar-refractivity contribution is 7.70. The Morgan fingerprint density at radius 3 is 2.81 bits per heavy atom. The van der Waals surface area contributed by atoms with Gasteiger partial charge < -0.3 is 30.7 Å². The summed E-state index contributed by atoms with van der Waals surface area (Å²) in [7, 11) is -4.94. The predicted octanol–water partition coefficient (Wildman–Crippen LogP) is -1.80. The molecule has 142 valence electrons. The van der Waals surface area contributed by atoms with Gasteiger partial charge in [-0.2, -0.15) is 4.98 Å². The van der Waals surface area contributed by atoms with Gasteiger partial charge in [-0.15, -0.1) is 0 Å². The number of fused-ring (bicyclic) bond motifs is 1. The molecule has 1 saturated heterocycles. The molecular weight excluding hydrogens is 377 g/mol. The molecule has 1 aliphatic rings. The molecule has 7 N–H and O–H groups in total. The van der Waals surface area contributed by atoms with Crippen LogP contribution in [0.15, 0.2) is 11.1 Å². The summed E-state index contributed by atoms with van der Waals surface area (Å²) < 4.78 is 22.2. The molecule has 26 heavy (non-hydrogen) atoms. The first kappa shape index (κ1) is 18.4. The molecule has 0 aromatic carbocycles. The van der Waals surface area contributed by atoms with E-state index in [1.807, 2.05) is 0 Å². The van der Waals surface area contributed by atoms with Gasteiger partial charge in [-0.25, -0.2) is 14.3 Å². The first-order chi connectivity index (χ1) is 12.1. The van der Waals surface area contributed by atoms with E-state index in [0.29, 0.717) is 0 Å². The van der Waals surface area contributed by atoms with Crippen LogP contribution in [-0.4, -0.2) is 70.4 Å². The third-order valence-electron chi connectivity index (χ3n) is 3.72. The first-order valence-electron chi connectivity index (χ1n) is 7.06. The number of carboxylic acid groups (broad SMARTS) is 1. The molecule has 0 aliphatic carbocycles. The van der Waals surface area contributed by atoms with Crippen molar-refractivity contribution >= 4 is 30.4 Å².